The van der Waals surface area contributed by atoms with Crippen LogP contribution in [-0.4, -0.2) is 29.7 Å². The van der Waals surface area contributed by atoms with E-state index in [1.807, 2.05) is 0 Å². The second kappa shape index (κ2) is 4.64. The van der Waals surface area contributed by atoms with E-state index in [2.05, 4.69) is 46.0 Å². The molecule has 0 spiro atoms. The van der Waals surface area contributed by atoms with Crippen LogP contribution < -0.4 is 0 Å². The Morgan fingerprint density at radius 2 is 2.20 bits per heavy atom. The lowest BCUT2D eigenvalue weighted by Crippen LogP contribution is -2.47. The Hall–Kier alpha value is -0.380. The maximum absolute atomic E-state index is 8.92. The molecule has 1 aliphatic heterocycles. The predicted molar refractivity (Wildman–Crippen MR) is 64.7 cm³/mol. The molecule has 15 heavy (non-hydrogen) atoms. The van der Waals surface area contributed by atoms with Crippen molar-refractivity contribution in [3.63, 3.8) is 0 Å². The molecule has 1 N–H and O–H groups in total. The van der Waals surface area contributed by atoms with Gasteiger partial charge in [0.25, 0.3) is 0 Å². The highest BCUT2D eigenvalue weighted by Crippen LogP contribution is 2.21. The van der Waals surface area contributed by atoms with Gasteiger partial charge in [-0.1, -0.05) is 28.1 Å². The summed E-state index contributed by atoms with van der Waals surface area (Å²) in [7, 11) is 0. The highest BCUT2D eigenvalue weighted by molar-refractivity contribution is 9.10. The summed E-state index contributed by atoms with van der Waals surface area (Å²) in [4.78, 5) is 2.36. The van der Waals surface area contributed by atoms with E-state index in [0.717, 1.165) is 19.6 Å². The van der Waals surface area contributed by atoms with Gasteiger partial charge in [-0.25, -0.2) is 0 Å². The Labute approximate surface area is 99.0 Å². The van der Waals surface area contributed by atoms with Crippen molar-refractivity contribution in [3.8, 4) is 0 Å². The summed E-state index contributed by atoms with van der Waals surface area (Å²) in [6.07, 6.45) is 0. The van der Waals surface area contributed by atoms with Gasteiger partial charge >= 0.3 is 0 Å². The lowest BCUT2D eigenvalue weighted by Gasteiger charge is -2.38. The first-order chi connectivity index (χ1) is 7.19. The SMILES string of the molecule is Cc1cc(CN2CC(CO)C2)ccc1Br. The number of aryl methyl sites for hydroxylation is 1. The fourth-order valence-electron chi connectivity index (χ4n) is 1.98. The first-order valence-corrected chi connectivity index (χ1v) is 6.06. The fraction of sp³-hybridized carbons (Fsp3) is 0.500. The van der Waals surface area contributed by atoms with Gasteiger partial charge in [0.15, 0.2) is 0 Å². The summed E-state index contributed by atoms with van der Waals surface area (Å²) in [5.41, 5.74) is 2.64. The third kappa shape index (κ3) is 2.60. The minimum absolute atomic E-state index is 0.329. The number of likely N-dealkylation sites (tertiary alicyclic amines) is 1. The first kappa shape index (κ1) is 11.1. The van der Waals surface area contributed by atoms with Gasteiger partial charge in [-0.3, -0.25) is 4.90 Å². The minimum Gasteiger partial charge on any atom is -0.396 e. The van der Waals surface area contributed by atoms with E-state index in [1.54, 1.807) is 0 Å². The number of aliphatic hydroxyl groups is 1. The quantitative estimate of drug-likeness (QED) is 0.910. The number of rotatable bonds is 3. The van der Waals surface area contributed by atoms with Gasteiger partial charge in [-0.05, 0) is 24.1 Å². The molecule has 3 heteroatoms. The fourth-order valence-corrected chi connectivity index (χ4v) is 2.23. The van der Waals surface area contributed by atoms with Crippen LogP contribution in [0, 0.1) is 12.8 Å². The molecule has 0 bridgehead atoms. The maximum Gasteiger partial charge on any atom is 0.0483 e. The van der Waals surface area contributed by atoms with Gasteiger partial charge < -0.3 is 5.11 Å². The molecule has 0 amide bonds. The first-order valence-electron chi connectivity index (χ1n) is 5.27. The summed E-state index contributed by atoms with van der Waals surface area (Å²) in [5, 5.41) is 8.92. The van der Waals surface area contributed by atoms with E-state index in [9.17, 15) is 0 Å². The Morgan fingerprint density at radius 3 is 2.80 bits per heavy atom. The molecule has 82 valence electrons. The molecule has 0 aromatic heterocycles. The molecule has 1 aliphatic rings. The average molecular weight is 270 g/mol. The zero-order valence-electron chi connectivity index (χ0n) is 8.91. The molecular formula is C12H16BrNO. The van der Waals surface area contributed by atoms with Crippen LogP contribution in [0.5, 0.6) is 0 Å². The van der Waals surface area contributed by atoms with E-state index in [0.29, 0.717) is 12.5 Å². The van der Waals surface area contributed by atoms with Gasteiger partial charge in [0.05, 0.1) is 0 Å². The Morgan fingerprint density at radius 1 is 1.47 bits per heavy atom. The van der Waals surface area contributed by atoms with Gasteiger partial charge in [-0.2, -0.15) is 0 Å². The molecule has 2 nitrogen and oxygen atoms in total. The number of aliphatic hydroxyl groups excluding tert-OH is 1. The maximum atomic E-state index is 8.92. The third-order valence-corrected chi connectivity index (χ3v) is 3.81. The van der Waals surface area contributed by atoms with Crippen LogP contribution in [0.3, 0.4) is 0 Å². The van der Waals surface area contributed by atoms with E-state index in [4.69, 9.17) is 5.11 Å². The van der Waals surface area contributed by atoms with Gasteiger partial charge in [0.1, 0.15) is 0 Å². The molecule has 0 aliphatic carbocycles. The van der Waals surface area contributed by atoms with E-state index < -0.39 is 0 Å². The Kier molecular flexibility index (Phi) is 3.44. The minimum atomic E-state index is 0.329. The van der Waals surface area contributed by atoms with Crippen molar-refractivity contribution in [1.82, 2.24) is 4.90 Å². The van der Waals surface area contributed by atoms with Crippen molar-refractivity contribution in [2.75, 3.05) is 19.7 Å². The monoisotopic (exact) mass is 269 g/mol. The standard InChI is InChI=1S/C12H16BrNO/c1-9-4-10(2-3-12(9)13)5-14-6-11(7-14)8-15/h2-4,11,15H,5-8H2,1H3. The summed E-state index contributed by atoms with van der Waals surface area (Å²) in [6.45, 7) is 5.51. The van der Waals surface area contributed by atoms with Crippen LogP contribution in [-0.2, 0) is 6.54 Å². The van der Waals surface area contributed by atoms with E-state index in [1.165, 1.54) is 15.6 Å². The number of hydrogen-bond acceptors (Lipinski definition) is 2. The molecular weight excluding hydrogens is 254 g/mol. The molecule has 1 heterocycles. The normalized spacial score (nSPS) is 17.8. The largest absolute Gasteiger partial charge is 0.396 e. The number of hydrogen-bond donors (Lipinski definition) is 1. The Balaban J connectivity index is 1.92. The van der Waals surface area contributed by atoms with Gasteiger partial charge in [0.2, 0.25) is 0 Å². The molecule has 0 unspecified atom stereocenters. The zero-order valence-corrected chi connectivity index (χ0v) is 10.5. The summed E-state index contributed by atoms with van der Waals surface area (Å²) < 4.78 is 1.17. The van der Waals surface area contributed by atoms with Crippen LogP contribution in [0.4, 0.5) is 0 Å². The van der Waals surface area contributed by atoms with Gasteiger partial charge in [0, 0.05) is 36.6 Å². The molecule has 1 saturated heterocycles. The average Bonchev–Trinajstić information content (AvgIpc) is 2.16. The van der Waals surface area contributed by atoms with E-state index >= 15 is 0 Å². The summed E-state index contributed by atoms with van der Waals surface area (Å²) >= 11 is 3.50. The highest BCUT2D eigenvalue weighted by Gasteiger charge is 2.25. The van der Waals surface area contributed by atoms with Crippen LogP contribution in [0.1, 0.15) is 11.1 Å². The summed E-state index contributed by atoms with van der Waals surface area (Å²) in [5.74, 6) is 0.501. The molecule has 0 radical (unpaired) electrons. The highest BCUT2D eigenvalue weighted by atomic mass is 79.9. The van der Waals surface area contributed by atoms with Crippen molar-refractivity contribution in [3.05, 3.63) is 33.8 Å². The topological polar surface area (TPSA) is 23.5 Å². The lowest BCUT2D eigenvalue weighted by atomic mass is 10.00. The second-order valence-electron chi connectivity index (χ2n) is 4.33. The van der Waals surface area contributed by atoms with Gasteiger partial charge in [-0.15, -0.1) is 0 Å². The van der Waals surface area contributed by atoms with Crippen molar-refractivity contribution in [2.24, 2.45) is 5.92 Å². The molecule has 1 fully saturated rings. The number of halogens is 1. The predicted octanol–water partition coefficient (Wildman–Crippen LogP) is 2.18. The van der Waals surface area contributed by atoms with Crippen LogP contribution in [0.2, 0.25) is 0 Å². The molecule has 2 rings (SSSR count). The molecule has 0 saturated carbocycles. The van der Waals surface area contributed by atoms with Crippen molar-refractivity contribution in [2.45, 2.75) is 13.5 Å². The zero-order chi connectivity index (χ0) is 10.8. The van der Waals surface area contributed by atoms with Crippen molar-refractivity contribution >= 4 is 15.9 Å². The van der Waals surface area contributed by atoms with Crippen molar-refractivity contribution < 1.29 is 5.11 Å². The smallest absolute Gasteiger partial charge is 0.0483 e. The van der Waals surface area contributed by atoms with Crippen molar-refractivity contribution in [1.29, 1.82) is 0 Å². The molecule has 1 aromatic carbocycles. The third-order valence-electron chi connectivity index (χ3n) is 2.92. The number of nitrogens with zero attached hydrogens (tertiary/aromatic N) is 1. The van der Waals surface area contributed by atoms with Crippen LogP contribution in [0.15, 0.2) is 22.7 Å². The Bertz CT molecular complexity index is 347. The summed E-state index contributed by atoms with van der Waals surface area (Å²) in [6, 6.07) is 6.48. The number of benzene rings is 1. The van der Waals surface area contributed by atoms with E-state index in [-0.39, 0.29) is 0 Å². The van der Waals surface area contributed by atoms with Crippen LogP contribution >= 0.6 is 15.9 Å². The second-order valence-corrected chi connectivity index (χ2v) is 5.18. The molecule has 1 aromatic rings. The van der Waals surface area contributed by atoms with Crippen LogP contribution in [0.25, 0.3) is 0 Å². The molecule has 0 atom stereocenters. The lowest BCUT2D eigenvalue weighted by molar-refractivity contribution is 0.0479.